The second kappa shape index (κ2) is 4.05. The van der Waals surface area contributed by atoms with E-state index in [0.717, 1.165) is 11.8 Å². The van der Waals surface area contributed by atoms with Crippen molar-refractivity contribution < 1.29 is 18.0 Å². The lowest BCUT2D eigenvalue weighted by molar-refractivity contribution is -0.136. The Bertz CT molecular complexity index is 705. The Morgan fingerprint density at radius 3 is 2.65 bits per heavy atom. The van der Waals surface area contributed by atoms with E-state index >= 15 is 0 Å². The Morgan fingerprint density at radius 1 is 1.35 bits per heavy atom. The zero-order valence-electron chi connectivity index (χ0n) is 10.9. The van der Waals surface area contributed by atoms with Crippen molar-refractivity contribution in [3.63, 3.8) is 0 Å². The molecule has 106 valence electrons. The van der Waals surface area contributed by atoms with Crippen molar-refractivity contribution >= 4 is 21.7 Å². The average molecular weight is 294 g/mol. The van der Waals surface area contributed by atoms with Crippen molar-refractivity contribution in [1.82, 2.24) is 10.2 Å². The minimum absolute atomic E-state index is 0.143. The summed E-state index contributed by atoms with van der Waals surface area (Å²) in [6, 6.07) is 7.26. The first-order valence-corrected chi connectivity index (χ1v) is 8.24. The van der Waals surface area contributed by atoms with Crippen LogP contribution in [0.4, 0.5) is 0 Å². The van der Waals surface area contributed by atoms with Crippen molar-refractivity contribution in [3.05, 3.63) is 35.4 Å². The maximum Gasteiger partial charge on any atom is 0.252 e. The SMILES string of the molecule is CS(=O)(=O)CC(=O)N1CC2(C1)NC(=O)c1ccccc12. The van der Waals surface area contributed by atoms with E-state index in [2.05, 4.69) is 5.32 Å². The molecule has 20 heavy (non-hydrogen) atoms. The highest BCUT2D eigenvalue weighted by atomic mass is 32.2. The van der Waals surface area contributed by atoms with Crippen molar-refractivity contribution in [2.24, 2.45) is 0 Å². The van der Waals surface area contributed by atoms with Crippen LogP contribution < -0.4 is 5.32 Å². The van der Waals surface area contributed by atoms with Gasteiger partial charge < -0.3 is 10.2 Å². The fourth-order valence-electron chi connectivity index (χ4n) is 2.80. The van der Waals surface area contributed by atoms with Gasteiger partial charge in [-0.1, -0.05) is 18.2 Å². The molecule has 0 aromatic heterocycles. The van der Waals surface area contributed by atoms with Gasteiger partial charge in [-0.2, -0.15) is 0 Å². The molecule has 7 heteroatoms. The van der Waals surface area contributed by atoms with E-state index in [-0.39, 0.29) is 5.91 Å². The summed E-state index contributed by atoms with van der Waals surface area (Å²) in [4.78, 5) is 25.1. The number of fused-ring (bicyclic) bond motifs is 2. The van der Waals surface area contributed by atoms with E-state index in [0.29, 0.717) is 18.7 Å². The van der Waals surface area contributed by atoms with Gasteiger partial charge in [0.2, 0.25) is 5.91 Å². The van der Waals surface area contributed by atoms with Crippen LogP contribution in [0.3, 0.4) is 0 Å². The second-order valence-electron chi connectivity index (χ2n) is 5.40. The number of likely N-dealkylation sites (tertiary alicyclic amines) is 1. The van der Waals surface area contributed by atoms with Gasteiger partial charge in [-0.15, -0.1) is 0 Å². The van der Waals surface area contributed by atoms with Crippen LogP contribution in [0.2, 0.25) is 0 Å². The molecule has 0 bridgehead atoms. The number of carbonyl (C=O) groups excluding carboxylic acids is 2. The fraction of sp³-hybridized carbons (Fsp3) is 0.385. The third kappa shape index (κ3) is 1.98. The van der Waals surface area contributed by atoms with Gasteiger partial charge in [-0.25, -0.2) is 8.42 Å². The van der Waals surface area contributed by atoms with Crippen LogP contribution in [0.25, 0.3) is 0 Å². The number of hydrogen-bond acceptors (Lipinski definition) is 4. The first-order valence-electron chi connectivity index (χ1n) is 6.18. The molecule has 3 rings (SSSR count). The highest BCUT2D eigenvalue weighted by Crippen LogP contribution is 2.38. The number of sulfone groups is 1. The Kier molecular flexibility index (Phi) is 2.66. The van der Waals surface area contributed by atoms with Gasteiger partial charge in [0.15, 0.2) is 9.84 Å². The molecule has 0 aliphatic carbocycles. The minimum Gasteiger partial charge on any atom is -0.339 e. The van der Waals surface area contributed by atoms with Crippen molar-refractivity contribution in [3.8, 4) is 0 Å². The molecular formula is C13H14N2O4S. The van der Waals surface area contributed by atoms with Gasteiger partial charge in [0.05, 0.1) is 0 Å². The summed E-state index contributed by atoms with van der Waals surface area (Å²) < 4.78 is 22.3. The van der Waals surface area contributed by atoms with E-state index in [1.54, 1.807) is 12.1 Å². The summed E-state index contributed by atoms with van der Waals surface area (Å²) in [5, 5.41) is 2.90. The molecule has 1 fully saturated rings. The maximum absolute atomic E-state index is 11.9. The summed E-state index contributed by atoms with van der Waals surface area (Å²) in [6.45, 7) is 0.647. The van der Waals surface area contributed by atoms with Crippen LogP contribution in [-0.4, -0.2) is 50.2 Å². The second-order valence-corrected chi connectivity index (χ2v) is 7.54. The number of carbonyl (C=O) groups is 2. The molecule has 6 nitrogen and oxygen atoms in total. The Balaban J connectivity index is 1.78. The Morgan fingerprint density at radius 2 is 2.00 bits per heavy atom. The first kappa shape index (κ1) is 13.1. The largest absolute Gasteiger partial charge is 0.339 e. The monoisotopic (exact) mass is 294 g/mol. The molecule has 1 aromatic carbocycles. The number of amides is 2. The number of nitrogens with zero attached hydrogens (tertiary/aromatic N) is 1. The van der Waals surface area contributed by atoms with E-state index in [9.17, 15) is 18.0 Å². The van der Waals surface area contributed by atoms with Gasteiger partial charge in [0.1, 0.15) is 11.3 Å². The van der Waals surface area contributed by atoms with E-state index in [1.807, 2.05) is 12.1 Å². The normalized spacial score (nSPS) is 19.4. The number of hydrogen-bond donors (Lipinski definition) is 1. The standard InChI is InChI=1S/C13H14N2O4S/c1-20(18,19)6-11(16)15-7-13(8-15)10-5-3-2-4-9(10)12(17)14-13/h2-5H,6-8H2,1H3,(H,14,17). The van der Waals surface area contributed by atoms with E-state index in [1.165, 1.54) is 4.90 Å². The van der Waals surface area contributed by atoms with Gasteiger partial charge in [0.25, 0.3) is 5.91 Å². The highest BCUT2D eigenvalue weighted by molar-refractivity contribution is 7.91. The van der Waals surface area contributed by atoms with Crippen molar-refractivity contribution in [2.75, 3.05) is 25.1 Å². The van der Waals surface area contributed by atoms with Gasteiger partial charge in [-0.3, -0.25) is 9.59 Å². The molecular weight excluding hydrogens is 280 g/mol. The van der Waals surface area contributed by atoms with E-state index in [4.69, 9.17) is 0 Å². The summed E-state index contributed by atoms with van der Waals surface area (Å²) >= 11 is 0. The Labute approximate surface area is 116 Å². The average Bonchev–Trinajstić information content (AvgIpc) is 2.59. The topological polar surface area (TPSA) is 83.6 Å². The molecule has 1 saturated heterocycles. The Hall–Kier alpha value is -1.89. The molecule has 2 aliphatic rings. The lowest BCUT2D eigenvalue weighted by Crippen LogP contribution is -2.67. The third-order valence-electron chi connectivity index (χ3n) is 3.70. The summed E-state index contributed by atoms with van der Waals surface area (Å²) in [6.07, 6.45) is 1.03. The van der Waals surface area contributed by atoms with Gasteiger partial charge in [0, 0.05) is 24.9 Å². The quantitative estimate of drug-likeness (QED) is 0.798. The molecule has 2 amide bonds. The molecule has 0 radical (unpaired) electrons. The number of benzene rings is 1. The fourth-order valence-corrected chi connectivity index (χ4v) is 3.43. The molecule has 1 aromatic rings. The lowest BCUT2D eigenvalue weighted by Gasteiger charge is -2.48. The first-order chi connectivity index (χ1) is 9.31. The summed E-state index contributed by atoms with van der Waals surface area (Å²) in [5.74, 6) is -1.05. The van der Waals surface area contributed by atoms with Crippen LogP contribution in [0.5, 0.6) is 0 Å². The van der Waals surface area contributed by atoms with Gasteiger partial charge >= 0.3 is 0 Å². The third-order valence-corrected chi connectivity index (χ3v) is 4.47. The van der Waals surface area contributed by atoms with E-state index < -0.39 is 27.0 Å². The zero-order valence-corrected chi connectivity index (χ0v) is 11.7. The predicted molar refractivity (Wildman–Crippen MR) is 71.9 cm³/mol. The molecule has 2 aliphatic heterocycles. The predicted octanol–water partition coefficient (Wildman–Crippen LogP) is -0.488. The minimum atomic E-state index is -3.33. The van der Waals surface area contributed by atoms with Gasteiger partial charge in [-0.05, 0) is 11.6 Å². The van der Waals surface area contributed by atoms with Crippen LogP contribution in [0.1, 0.15) is 15.9 Å². The molecule has 2 heterocycles. The zero-order chi connectivity index (χ0) is 14.5. The molecule has 1 spiro atoms. The molecule has 0 atom stereocenters. The summed E-state index contributed by atoms with van der Waals surface area (Å²) in [5.41, 5.74) is 0.969. The molecule has 0 saturated carbocycles. The summed E-state index contributed by atoms with van der Waals surface area (Å²) in [7, 11) is -3.33. The maximum atomic E-state index is 11.9. The van der Waals surface area contributed by atoms with Crippen molar-refractivity contribution in [1.29, 1.82) is 0 Å². The van der Waals surface area contributed by atoms with Crippen LogP contribution in [-0.2, 0) is 20.2 Å². The molecule has 0 unspecified atom stereocenters. The smallest absolute Gasteiger partial charge is 0.252 e. The number of nitrogens with one attached hydrogen (secondary N) is 1. The highest BCUT2D eigenvalue weighted by Gasteiger charge is 2.52. The lowest BCUT2D eigenvalue weighted by atomic mass is 9.83. The van der Waals surface area contributed by atoms with Crippen molar-refractivity contribution in [2.45, 2.75) is 5.54 Å². The van der Waals surface area contributed by atoms with Crippen LogP contribution in [0, 0.1) is 0 Å². The molecule has 1 N–H and O–H groups in total. The number of rotatable bonds is 2. The van der Waals surface area contributed by atoms with Crippen LogP contribution in [0.15, 0.2) is 24.3 Å². The van der Waals surface area contributed by atoms with Crippen LogP contribution >= 0.6 is 0 Å².